The summed E-state index contributed by atoms with van der Waals surface area (Å²) in [6.07, 6.45) is -0.0298. The minimum atomic E-state index is -3.77. The zero-order chi connectivity index (χ0) is 18.0. The van der Waals surface area contributed by atoms with Crippen molar-refractivity contribution in [2.24, 2.45) is 0 Å². The Hall–Kier alpha value is -2.39. The van der Waals surface area contributed by atoms with Gasteiger partial charge in [-0.2, -0.15) is 8.42 Å². The van der Waals surface area contributed by atoms with E-state index in [0.29, 0.717) is 0 Å². The lowest BCUT2D eigenvalue weighted by atomic mass is 10.2. The van der Waals surface area contributed by atoms with E-state index in [4.69, 9.17) is 4.74 Å². The molecule has 0 aliphatic rings. The van der Waals surface area contributed by atoms with Crippen LogP contribution >= 0.6 is 0 Å². The highest BCUT2D eigenvalue weighted by atomic mass is 32.2. The van der Waals surface area contributed by atoms with Crippen molar-refractivity contribution < 1.29 is 31.8 Å². The van der Waals surface area contributed by atoms with Crippen LogP contribution < -0.4 is 10.8 Å². The Kier molecular flexibility index (Phi) is 7.93. The van der Waals surface area contributed by atoms with Crippen LogP contribution in [-0.2, 0) is 35.3 Å². The summed E-state index contributed by atoms with van der Waals surface area (Å²) in [5.41, 5.74) is 2.71. The summed E-state index contributed by atoms with van der Waals surface area (Å²) >= 11 is 0. The lowest BCUT2D eigenvalue weighted by molar-refractivity contribution is 0.102. The van der Waals surface area contributed by atoms with Crippen LogP contribution in [0.4, 0.5) is 4.79 Å². The molecule has 1 atom stereocenters. The number of amides is 1. The second-order valence-corrected chi connectivity index (χ2v) is 6.21. The number of benzene rings is 1. The maximum absolute atomic E-state index is 11.8. The van der Waals surface area contributed by atoms with Gasteiger partial charge in [0.2, 0.25) is 0 Å². The molecular weight excluding hydrogens is 340 g/mol. The largest absolute Gasteiger partial charge is 0.445 e. The number of hydroxylamine groups is 1. The van der Waals surface area contributed by atoms with Gasteiger partial charge < -0.3 is 10.1 Å². The van der Waals surface area contributed by atoms with Gasteiger partial charge in [0.05, 0.1) is 20.0 Å². The van der Waals surface area contributed by atoms with Crippen LogP contribution in [0.2, 0.25) is 0 Å². The zero-order valence-electron chi connectivity index (χ0n) is 13.1. The third kappa shape index (κ3) is 7.75. The topological polar surface area (TPSA) is 120 Å². The molecule has 1 unspecified atom stereocenters. The second kappa shape index (κ2) is 9.68. The van der Waals surface area contributed by atoms with Crippen molar-refractivity contribution in [1.29, 1.82) is 0 Å². The first-order valence-electron chi connectivity index (χ1n) is 6.71. The van der Waals surface area contributed by atoms with E-state index in [0.717, 1.165) is 11.8 Å². The van der Waals surface area contributed by atoms with Gasteiger partial charge >= 0.3 is 6.09 Å². The van der Waals surface area contributed by atoms with E-state index in [1.54, 1.807) is 24.3 Å². The Morgan fingerprint density at radius 1 is 1.29 bits per heavy atom. The Balaban J connectivity index is 2.68. The molecule has 0 fully saturated rings. The standard InChI is InChI=1S/C14H18N2O7S/c1-21-16-12(8-17)13(10-23-24(2,19)20)15-14(18)22-9-11-6-4-3-5-7-11/h3-7,13,16H,9-10H2,1-2H3,(H,15,18). The van der Waals surface area contributed by atoms with Gasteiger partial charge in [-0.05, 0) is 5.56 Å². The molecule has 132 valence electrons. The van der Waals surface area contributed by atoms with Gasteiger partial charge in [-0.15, -0.1) is 0 Å². The smallest absolute Gasteiger partial charge is 0.408 e. The summed E-state index contributed by atoms with van der Waals surface area (Å²) in [7, 11) is -2.54. The number of rotatable bonds is 9. The highest BCUT2D eigenvalue weighted by Gasteiger charge is 2.22. The van der Waals surface area contributed by atoms with E-state index >= 15 is 0 Å². The predicted molar refractivity (Wildman–Crippen MR) is 83.7 cm³/mol. The molecule has 0 radical (unpaired) electrons. The second-order valence-electron chi connectivity index (χ2n) is 4.57. The number of alkyl carbamates (subject to hydrolysis) is 1. The van der Waals surface area contributed by atoms with Gasteiger partial charge in [-0.25, -0.2) is 9.59 Å². The first kappa shape index (κ1) is 19.7. The van der Waals surface area contributed by atoms with Crippen LogP contribution in [0.15, 0.2) is 36.0 Å². The summed E-state index contributed by atoms with van der Waals surface area (Å²) in [6, 6.07) is 7.77. The number of nitrogens with one attached hydrogen (secondary N) is 2. The molecule has 0 spiro atoms. The van der Waals surface area contributed by atoms with Crippen LogP contribution in [-0.4, -0.2) is 46.5 Å². The van der Waals surface area contributed by atoms with E-state index in [1.165, 1.54) is 13.1 Å². The molecule has 1 rings (SSSR count). The fraction of sp³-hybridized carbons (Fsp3) is 0.357. The molecule has 0 heterocycles. The highest BCUT2D eigenvalue weighted by molar-refractivity contribution is 7.85. The van der Waals surface area contributed by atoms with E-state index in [1.807, 2.05) is 6.07 Å². The van der Waals surface area contributed by atoms with E-state index in [9.17, 15) is 18.0 Å². The number of carbonyl (C=O) groups excluding carboxylic acids is 2. The van der Waals surface area contributed by atoms with E-state index in [2.05, 4.69) is 19.8 Å². The number of ether oxygens (including phenoxy) is 1. The minimum Gasteiger partial charge on any atom is -0.445 e. The van der Waals surface area contributed by atoms with Crippen molar-refractivity contribution in [1.82, 2.24) is 10.8 Å². The Bertz CT molecular complexity index is 684. The van der Waals surface area contributed by atoms with Crippen LogP contribution in [0.3, 0.4) is 0 Å². The van der Waals surface area contributed by atoms with Crippen LogP contribution in [0.25, 0.3) is 0 Å². The molecule has 10 heteroatoms. The molecule has 1 aromatic carbocycles. The molecule has 1 amide bonds. The van der Waals surface area contributed by atoms with Gasteiger partial charge in [0.25, 0.3) is 10.1 Å². The molecule has 2 N–H and O–H groups in total. The van der Waals surface area contributed by atoms with Crippen LogP contribution in [0.5, 0.6) is 0 Å². The zero-order valence-corrected chi connectivity index (χ0v) is 14.0. The average Bonchev–Trinajstić information content (AvgIpc) is 2.55. The molecule has 24 heavy (non-hydrogen) atoms. The molecule has 0 aliphatic heterocycles. The Labute approximate surface area is 139 Å². The van der Waals surface area contributed by atoms with Gasteiger partial charge in [0.15, 0.2) is 0 Å². The van der Waals surface area contributed by atoms with Crippen molar-refractivity contribution in [3.63, 3.8) is 0 Å². The quantitative estimate of drug-likeness (QED) is 0.363. The van der Waals surface area contributed by atoms with Gasteiger partial charge in [0.1, 0.15) is 24.3 Å². The van der Waals surface area contributed by atoms with Gasteiger partial charge in [-0.1, -0.05) is 30.3 Å². The maximum atomic E-state index is 11.8. The molecule has 1 aromatic rings. The highest BCUT2D eigenvalue weighted by Crippen LogP contribution is 2.03. The molecule has 9 nitrogen and oxygen atoms in total. The Morgan fingerprint density at radius 2 is 1.96 bits per heavy atom. The monoisotopic (exact) mass is 358 g/mol. The van der Waals surface area contributed by atoms with Crippen molar-refractivity contribution in [2.45, 2.75) is 12.6 Å². The van der Waals surface area contributed by atoms with Crippen molar-refractivity contribution >= 4 is 22.2 Å². The predicted octanol–water partition coefficient (Wildman–Crippen LogP) is 0.124. The van der Waals surface area contributed by atoms with Crippen LogP contribution in [0, 0.1) is 0 Å². The first-order valence-corrected chi connectivity index (χ1v) is 8.53. The summed E-state index contributed by atoms with van der Waals surface area (Å²) in [6.45, 7) is -0.523. The summed E-state index contributed by atoms with van der Waals surface area (Å²) < 4.78 is 31.7. The van der Waals surface area contributed by atoms with Crippen molar-refractivity contribution in [3.05, 3.63) is 41.6 Å². The normalized spacial score (nSPS) is 11.9. The van der Waals surface area contributed by atoms with Crippen molar-refractivity contribution in [2.75, 3.05) is 20.0 Å². The summed E-state index contributed by atoms with van der Waals surface area (Å²) in [4.78, 5) is 27.3. The molecular formula is C14H18N2O7S. The molecule has 0 aliphatic carbocycles. The van der Waals surface area contributed by atoms with Crippen molar-refractivity contribution in [3.8, 4) is 0 Å². The average molecular weight is 358 g/mol. The lowest BCUT2D eigenvalue weighted by Gasteiger charge is -2.19. The molecule has 0 saturated carbocycles. The van der Waals surface area contributed by atoms with Gasteiger partial charge in [0, 0.05) is 0 Å². The number of carbonyl (C=O) groups is 1. The fourth-order valence-corrected chi connectivity index (χ4v) is 1.95. The summed E-state index contributed by atoms with van der Waals surface area (Å²) in [5.74, 6) is 1.50. The fourth-order valence-electron chi connectivity index (χ4n) is 1.57. The number of hydrogen-bond donors (Lipinski definition) is 2. The number of hydrogen-bond acceptors (Lipinski definition) is 8. The minimum absolute atomic E-state index is 0.00414. The third-order valence-electron chi connectivity index (χ3n) is 2.62. The molecule has 0 aromatic heterocycles. The summed E-state index contributed by atoms with van der Waals surface area (Å²) in [5, 5.41) is 2.30. The SMILES string of the molecule is CONC(=C=O)C(COS(C)(=O)=O)NC(=O)OCc1ccccc1. The third-order valence-corrected chi connectivity index (χ3v) is 3.19. The van der Waals surface area contributed by atoms with Gasteiger partial charge in [-0.3, -0.25) is 14.5 Å². The first-order chi connectivity index (χ1) is 11.4. The van der Waals surface area contributed by atoms with E-state index < -0.39 is 28.9 Å². The molecule has 0 saturated heterocycles. The lowest BCUT2D eigenvalue weighted by Crippen LogP contribution is -2.44. The Morgan fingerprint density at radius 3 is 2.50 bits per heavy atom. The maximum Gasteiger partial charge on any atom is 0.408 e. The van der Waals surface area contributed by atoms with E-state index in [-0.39, 0.29) is 12.3 Å². The van der Waals surface area contributed by atoms with Crippen LogP contribution in [0.1, 0.15) is 5.56 Å². The molecule has 0 bridgehead atoms.